The Morgan fingerprint density at radius 2 is 2.29 bits per heavy atom. The van der Waals surface area contributed by atoms with Crippen molar-refractivity contribution < 1.29 is 0 Å². The topological polar surface area (TPSA) is 67.4 Å². The van der Waals surface area contributed by atoms with E-state index in [2.05, 4.69) is 15.3 Å². The third-order valence-corrected chi connectivity index (χ3v) is 2.18. The lowest BCUT2D eigenvalue weighted by Gasteiger charge is -1.97. The van der Waals surface area contributed by atoms with Gasteiger partial charge in [0.25, 0.3) is 0 Å². The van der Waals surface area contributed by atoms with Crippen molar-refractivity contribution in [3.63, 3.8) is 0 Å². The Labute approximate surface area is 103 Å². The van der Waals surface area contributed by atoms with Crippen LogP contribution in [0, 0.1) is 11.3 Å². The number of allylic oxidation sites excluding steroid dienone is 1. The first-order valence-electron chi connectivity index (χ1n) is 4.87. The predicted molar refractivity (Wildman–Crippen MR) is 63.4 cm³/mol. The maximum atomic E-state index is 8.40. The van der Waals surface area contributed by atoms with E-state index in [4.69, 9.17) is 16.9 Å². The van der Waals surface area contributed by atoms with Crippen LogP contribution in [0.25, 0.3) is 11.9 Å². The molecule has 0 aliphatic heterocycles. The monoisotopic (exact) mass is 245 g/mol. The average Bonchev–Trinajstić information content (AvgIpc) is 2.79. The molecule has 0 saturated heterocycles. The second-order valence-corrected chi connectivity index (χ2v) is 3.58. The normalized spacial score (nSPS) is 10.6. The highest BCUT2D eigenvalue weighted by atomic mass is 35.5. The molecule has 0 fully saturated rings. The van der Waals surface area contributed by atoms with E-state index in [-0.39, 0.29) is 0 Å². The Morgan fingerprint density at radius 3 is 3.00 bits per heavy atom. The molecule has 2 aromatic rings. The molecular weight excluding hydrogens is 238 g/mol. The van der Waals surface area contributed by atoms with Crippen molar-refractivity contribution in [1.29, 1.82) is 5.26 Å². The summed E-state index contributed by atoms with van der Waals surface area (Å²) in [5.74, 6) is 0.592. The summed E-state index contributed by atoms with van der Waals surface area (Å²) in [6.45, 7) is 0. The molecule has 0 saturated carbocycles. The molecule has 0 aliphatic rings. The lowest BCUT2D eigenvalue weighted by atomic mass is 10.3. The van der Waals surface area contributed by atoms with E-state index in [1.165, 1.54) is 0 Å². The number of nitriles is 1. The first-order valence-corrected chi connectivity index (χ1v) is 5.25. The van der Waals surface area contributed by atoms with Crippen molar-refractivity contribution >= 4 is 17.7 Å². The summed E-state index contributed by atoms with van der Waals surface area (Å²) in [5, 5.41) is 20.5. The Kier molecular flexibility index (Phi) is 3.48. The van der Waals surface area contributed by atoms with Crippen molar-refractivity contribution in [1.82, 2.24) is 20.0 Å². The van der Waals surface area contributed by atoms with E-state index in [1.807, 2.05) is 12.1 Å². The van der Waals surface area contributed by atoms with Crippen LogP contribution in [-0.2, 0) is 0 Å². The van der Waals surface area contributed by atoms with Crippen molar-refractivity contribution in [3.8, 4) is 11.9 Å². The Morgan fingerprint density at radius 1 is 1.41 bits per heavy atom. The van der Waals surface area contributed by atoms with Crippen LogP contribution in [-0.4, -0.2) is 20.0 Å². The molecule has 0 atom stereocenters. The molecule has 84 valence electrons. The molecular formula is C11H8ClN5. The van der Waals surface area contributed by atoms with Crippen LogP contribution in [0.4, 0.5) is 0 Å². The van der Waals surface area contributed by atoms with Gasteiger partial charge in [-0.2, -0.15) is 10.4 Å². The molecule has 0 unspecified atom stereocenters. The second-order valence-electron chi connectivity index (χ2n) is 3.20. The van der Waals surface area contributed by atoms with Crippen LogP contribution in [0.2, 0.25) is 5.15 Å². The molecule has 5 nitrogen and oxygen atoms in total. The summed E-state index contributed by atoms with van der Waals surface area (Å²) in [5.41, 5.74) is 0.900. The van der Waals surface area contributed by atoms with Gasteiger partial charge in [0.2, 0.25) is 0 Å². The van der Waals surface area contributed by atoms with Crippen LogP contribution >= 0.6 is 11.6 Å². The number of aromatic nitrogens is 4. The van der Waals surface area contributed by atoms with Gasteiger partial charge in [0.15, 0.2) is 11.0 Å². The van der Waals surface area contributed by atoms with Gasteiger partial charge in [-0.05, 0) is 12.1 Å². The minimum atomic E-state index is 0.343. The summed E-state index contributed by atoms with van der Waals surface area (Å²) in [6.07, 6.45) is 7.47. The Hall–Kier alpha value is -2.19. The maximum absolute atomic E-state index is 8.40. The lowest BCUT2D eigenvalue weighted by Crippen LogP contribution is -1.98. The van der Waals surface area contributed by atoms with Gasteiger partial charge >= 0.3 is 0 Å². The minimum Gasteiger partial charge on any atom is -0.220 e. The molecule has 0 aromatic carbocycles. The maximum Gasteiger partial charge on any atom is 0.175 e. The van der Waals surface area contributed by atoms with E-state index in [9.17, 15) is 0 Å². The highest BCUT2D eigenvalue weighted by Gasteiger charge is 2.00. The van der Waals surface area contributed by atoms with E-state index in [0.717, 1.165) is 5.56 Å². The van der Waals surface area contributed by atoms with Crippen LogP contribution in [0.15, 0.2) is 30.6 Å². The van der Waals surface area contributed by atoms with Gasteiger partial charge in [-0.1, -0.05) is 23.8 Å². The number of halogens is 1. The van der Waals surface area contributed by atoms with Crippen LogP contribution in [0.5, 0.6) is 0 Å². The summed E-state index contributed by atoms with van der Waals surface area (Å²) in [4.78, 5) is 0. The smallest absolute Gasteiger partial charge is 0.175 e. The van der Waals surface area contributed by atoms with Gasteiger partial charge in [0, 0.05) is 11.8 Å². The van der Waals surface area contributed by atoms with Crippen LogP contribution in [0.3, 0.4) is 0 Å². The van der Waals surface area contributed by atoms with Gasteiger partial charge in [0.1, 0.15) is 0 Å². The molecule has 0 spiro atoms. The zero-order valence-electron chi connectivity index (χ0n) is 8.79. The SMILES string of the molecule is N#CCC=Cc1cnn(-c2ccc(Cl)nn2)c1. The van der Waals surface area contributed by atoms with Gasteiger partial charge in [-0.25, -0.2) is 4.68 Å². The van der Waals surface area contributed by atoms with Gasteiger partial charge in [0.05, 0.1) is 18.7 Å². The third kappa shape index (κ3) is 2.89. The fourth-order valence-corrected chi connectivity index (χ4v) is 1.33. The van der Waals surface area contributed by atoms with Gasteiger partial charge < -0.3 is 0 Å². The van der Waals surface area contributed by atoms with Crippen molar-refractivity contribution in [2.24, 2.45) is 0 Å². The van der Waals surface area contributed by atoms with Gasteiger partial charge in [-0.3, -0.25) is 0 Å². The fraction of sp³-hybridized carbons (Fsp3) is 0.0909. The first kappa shape index (κ1) is 11.3. The first-order chi connectivity index (χ1) is 8.29. The minimum absolute atomic E-state index is 0.343. The Balaban J connectivity index is 2.18. The second kappa shape index (κ2) is 5.23. The number of rotatable bonds is 3. The molecule has 2 heterocycles. The molecule has 0 N–H and O–H groups in total. The molecule has 6 heteroatoms. The van der Waals surface area contributed by atoms with Crippen molar-refractivity contribution in [3.05, 3.63) is 41.3 Å². The fourth-order valence-electron chi connectivity index (χ4n) is 1.23. The van der Waals surface area contributed by atoms with Crippen LogP contribution in [0.1, 0.15) is 12.0 Å². The summed E-state index contributed by atoms with van der Waals surface area (Å²) >= 11 is 5.64. The van der Waals surface area contributed by atoms with Crippen molar-refractivity contribution in [2.45, 2.75) is 6.42 Å². The molecule has 2 rings (SSSR count). The zero-order chi connectivity index (χ0) is 12.1. The zero-order valence-corrected chi connectivity index (χ0v) is 9.54. The van der Waals surface area contributed by atoms with E-state index in [0.29, 0.717) is 17.4 Å². The third-order valence-electron chi connectivity index (χ3n) is 1.97. The van der Waals surface area contributed by atoms with E-state index in [1.54, 1.807) is 35.3 Å². The van der Waals surface area contributed by atoms with E-state index >= 15 is 0 Å². The Bertz CT molecular complexity index is 564. The molecule has 0 radical (unpaired) electrons. The largest absolute Gasteiger partial charge is 0.220 e. The van der Waals surface area contributed by atoms with Crippen molar-refractivity contribution in [2.75, 3.05) is 0 Å². The molecule has 0 aliphatic carbocycles. The van der Waals surface area contributed by atoms with E-state index < -0.39 is 0 Å². The summed E-state index contributed by atoms with van der Waals surface area (Å²) in [7, 11) is 0. The highest BCUT2D eigenvalue weighted by Crippen LogP contribution is 2.08. The summed E-state index contributed by atoms with van der Waals surface area (Å²) in [6, 6.07) is 5.41. The van der Waals surface area contributed by atoms with Crippen LogP contribution < -0.4 is 0 Å². The highest BCUT2D eigenvalue weighted by molar-refractivity contribution is 6.29. The summed E-state index contributed by atoms with van der Waals surface area (Å²) < 4.78 is 1.59. The lowest BCUT2D eigenvalue weighted by molar-refractivity contribution is 0.814. The van der Waals surface area contributed by atoms with Gasteiger partial charge in [-0.15, -0.1) is 10.2 Å². The predicted octanol–water partition coefficient (Wildman–Crippen LogP) is 2.24. The standard InChI is InChI=1S/C11H8ClN5/c12-10-4-5-11(16-15-10)17-8-9(7-14-17)3-1-2-6-13/h1,3-5,7-8H,2H2. The quantitative estimate of drug-likeness (QED) is 0.832. The molecule has 17 heavy (non-hydrogen) atoms. The molecule has 0 bridgehead atoms. The number of hydrogen-bond donors (Lipinski definition) is 0. The number of hydrogen-bond acceptors (Lipinski definition) is 4. The molecule has 0 amide bonds. The number of nitrogens with zero attached hydrogens (tertiary/aromatic N) is 5. The molecule has 2 aromatic heterocycles. The average molecular weight is 246 g/mol.